The summed E-state index contributed by atoms with van der Waals surface area (Å²) in [5.41, 5.74) is 3.32. The smallest absolute Gasteiger partial charge is 0.255 e. The summed E-state index contributed by atoms with van der Waals surface area (Å²) >= 11 is 3.43. The van der Waals surface area contributed by atoms with Crippen LogP contribution in [-0.2, 0) is 0 Å². The minimum absolute atomic E-state index is 0.113. The van der Waals surface area contributed by atoms with E-state index in [4.69, 9.17) is 0 Å². The molecule has 6 heteroatoms. The highest BCUT2D eigenvalue weighted by atomic mass is 79.9. The molecule has 116 valence electrons. The molecule has 2 atom stereocenters. The highest BCUT2D eigenvalue weighted by Gasteiger charge is 2.38. The van der Waals surface area contributed by atoms with Gasteiger partial charge in [0.25, 0.3) is 5.91 Å². The maximum Gasteiger partial charge on any atom is 0.255 e. The highest BCUT2D eigenvalue weighted by Crippen LogP contribution is 2.43. The molecule has 0 spiro atoms. The second-order valence-electron chi connectivity index (χ2n) is 5.77. The number of nitroso groups, excluding NO2 is 1. The summed E-state index contributed by atoms with van der Waals surface area (Å²) in [5, 5.41) is 6.31. The molecule has 2 aromatic rings. The van der Waals surface area contributed by atoms with Gasteiger partial charge >= 0.3 is 0 Å². The lowest BCUT2D eigenvalue weighted by molar-refractivity contribution is 0.0925. The summed E-state index contributed by atoms with van der Waals surface area (Å²) in [4.78, 5) is 25.8. The largest absolute Gasteiger partial charge is 0.346 e. The van der Waals surface area contributed by atoms with Gasteiger partial charge in [-0.2, -0.15) is 4.91 Å². The summed E-state index contributed by atoms with van der Waals surface area (Å²) in [5.74, 6) is -0.113. The van der Waals surface area contributed by atoms with E-state index in [1.165, 1.54) is 0 Å². The Morgan fingerprint density at radius 2 is 1.96 bits per heavy atom. The van der Waals surface area contributed by atoms with Gasteiger partial charge in [-0.25, -0.2) is 0 Å². The minimum atomic E-state index is -0.377. The van der Waals surface area contributed by atoms with E-state index in [2.05, 4.69) is 31.3 Å². The first-order valence-corrected chi connectivity index (χ1v) is 8.26. The van der Waals surface area contributed by atoms with Gasteiger partial charge in [-0.05, 0) is 30.2 Å². The molecule has 0 radical (unpaired) electrons. The number of nitrogens with zero attached hydrogens (tertiary/aromatic N) is 2. The molecule has 0 saturated heterocycles. The molecule has 0 bridgehead atoms. The van der Waals surface area contributed by atoms with Gasteiger partial charge in [-0.3, -0.25) is 4.79 Å². The third-order valence-corrected chi connectivity index (χ3v) is 5.02. The van der Waals surface area contributed by atoms with Gasteiger partial charge in [0.1, 0.15) is 12.2 Å². The number of carbonyl (C=O) groups is 1. The average molecular weight is 372 g/mol. The first kappa shape index (κ1) is 14.4. The molecule has 2 aromatic carbocycles. The molecule has 4 rings (SSSR count). The Morgan fingerprint density at radius 3 is 2.70 bits per heavy atom. The molecule has 23 heavy (non-hydrogen) atoms. The Hall–Kier alpha value is -2.21. The molecular weight excluding hydrogens is 358 g/mol. The second kappa shape index (κ2) is 5.45. The predicted molar refractivity (Wildman–Crippen MR) is 91.3 cm³/mol. The molecule has 0 fully saturated rings. The number of halogens is 1. The zero-order valence-electron chi connectivity index (χ0n) is 12.2. The normalized spacial score (nSPS) is 22.3. The third kappa shape index (κ3) is 2.25. The Balaban J connectivity index is 1.85. The SMILES string of the molecule is O=NC1CCN2c3c(cccc31)C(=O)NC2c1ccc(Br)cc1. The molecule has 5 nitrogen and oxygen atoms in total. The minimum Gasteiger partial charge on any atom is -0.346 e. The van der Waals surface area contributed by atoms with Crippen LogP contribution in [-0.4, -0.2) is 12.5 Å². The van der Waals surface area contributed by atoms with E-state index in [0.29, 0.717) is 18.5 Å². The Morgan fingerprint density at radius 1 is 1.17 bits per heavy atom. The molecular formula is C17H14BrN3O2. The van der Waals surface area contributed by atoms with Crippen molar-refractivity contribution in [2.45, 2.75) is 18.6 Å². The van der Waals surface area contributed by atoms with Crippen LogP contribution in [0, 0.1) is 4.91 Å². The quantitative estimate of drug-likeness (QED) is 0.814. The van der Waals surface area contributed by atoms with Crippen molar-refractivity contribution in [1.29, 1.82) is 0 Å². The van der Waals surface area contributed by atoms with Crippen LogP contribution in [0.15, 0.2) is 52.1 Å². The number of hydrogen-bond donors (Lipinski definition) is 1. The lowest BCUT2D eigenvalue weighted by Crippen LogP contribution is -2.49. The molecule has 2 unspecified atom stereocenters. The van der Waals surface area contributed by atoms with Crippen molar-refractivity contribution in [3.63, 3.8) is 0 Å². The maximum absolute atomic E-state index is 12.5. The molecule has 0 saturated carbocycles. The van der Waals surface area contributed by atoms with Crippen LogP contribution < -0.4 is 10.2 Å². The fourth-order valence-corrected chi connectivity index (χ4v) is 3.68. The summed E-state index contributed by atoms with van der Waals surface area (Å²) in [7, 11) is 0. The zero-order valence-corrected chi connectivity index (χ0v) is 13.8. The lowest BCUT2D eigenvalue weighted by atomic mass is 9.90. The van der Waals surface area contributed by atoms with Gasteiger partial charge in [0.15, 0.2) is 0 Å². The zero-order chi connectivity index (χ0) is 16.0. The number of benzene rings is 2. The number of anilines is 1. The number of carbonyl (C=O) groups excluding carboxylic acids is 1. The molecule has 0 aliphatic carbocycles. The van der Waals surface area contributed by atoms with Crippen molar-refractivity contribution in [1.82, 2.24) is 5.32 Å². The van der Waals surface area contributed by atoms with E-state index >= 15 is 0 Å². The Kier molecular flexibility index (Phi) is 3.41. The van der Waals surface area contributed by atoms with Crippen molar-refractivity contribution >= 4 is 27.5 Å². The van der Waals surface area contributed by atoms with E-state index in [1.807, 2.05) is 36.4 Å². The maximum atomic E-state index is 12.5. The van der Waals surface area contributed by atoms with Gasteiger partial charge in [-0.1, -0.05) is 45.4 Å². The number of amides is 1. The number of rotatable bonds is 2. The number of nitrogens with one attached hydrogen (secondary N) is 1. The average Bonchev–Trinajstić information content (AvgIpc) is 2.58. The van der Waals surface area contributed by atoms with Crippen molar-refractivity contribution in [3.05, 3.63) is 68.5 Å². The van der Waals surface area contributed by atoms with Crippen LogP contribution >= 0.6 is 15.9 Å². The van der Waals surface area contributed by atoms with Crippen LogP contribution in [0.1, 0.15) is 40.1 Å². The van der Waals surface area contributed by atoms with E-state index < -0.39 is 0 Å². The standard InChI is InChI=1S/C17H14BrN3O2/c18-11-6-4-10(5-7-11)16-19-17(22)13-3-1-2-12-14(20-23)8-9-21(16)15(12)13/h1-7,14,16H,8-9H2,(H,19,22). The van der Waals surface area contributed by atoms with Crippen molar-refractivity contribution in [2.75, 3.05) is 11.4 Å². The molecule has 2 heterocycles. The Bertz CT molecular complexity index is 791. The van der Waals surface area contributed by atoms with Gasteiger partial charge in [0.2, 0.25) is 0 Å². The van der Waals surface area contributed by atoms with Crippen LogP contribution in [0.2, 0.25) is 0 Å². The van der Waals surface area contributed by atoms with Gasteiger partial charge < -0.3 is 10.2 Å². The van der Waals surface area contributed by atoms with Crippen LogP contribution in [0.4, 0.5) is 5.69 Å². The van der Waals surface area contributed by atoms with Crippen molar-refractivity contribution in [3.8, 4) is 0 Å². The topological polar surface area (TPSA) is 61.8 Å². The molecule has 2 aliphatic rings. The number of para-hydroxylation sites is 1. The summed E-state index contributed by atoms with van der Waals surface area (Å²) < 4.78 is 0.994. The predicted octanol–water partition coefficient (Wildman–Crippen LogP) is 3.91. The van der Waals surface area contributed by atoms with Gasteiger partial charge in [0.05, 0.1) is 11.3 Å². The monoisotopic (exact) mass is 371 g/mol. The fourth-order valence-electron chi connectivity index (χ4n) is 3.42. The summed E-state index contributed by atoms with van der Waals surface area (Å²) in [6.45, 7) is 0.682. The van der Waals surface area contributed by atoms with E-state index in [9.17, 15) is 9.70 Å². The third-order valence-electron chi connectivity index (χ3n) is 4.49. The van der Waals surface area contributed by atoms with Gasteiger partial charge in [-0.15, -0.1) is 0 Å². The van der Waals surface area contributed by atoms with Gasteiger partial charge in [0, 0.05) is 16.6 Å². The van der Waals surface area contributed by atoms with Crippen LogP contribution in [0.25, 0.3) is 0 Å². The van der Waals surface area contributed by atoms with Crippen LogP contribution in [0.5, 0.6) is 0 Å². The van der Waals surface area contributed by atoms with E-state index in [0.717, 1.165) is 21.3 Å². The molecule has 2 aliphatic heterocycles. The van der Waals surface area contributed by atoms with E-state index in [-0.39, 0.29) is 18.1 Å². The molecule has 1 N–H and O–H groups in total. The fraction of sp³-hybridized carbons (Fsp3) is 0.235. The van der Waals surface area contributed by atoms with Crippen molar-refractivity contribution in [2.24, 2.45) is 5.18 Å². The lowest BCUT2D eigenvalue weighted by Gasteiger charge is -2.43. The first-order chi connectivity index (χ1) is 11.2. The Labute approximate surface area is 141 Å². The number of hydrogen-bond acceptors (Lipinski definition) is 4. The second-order valence-corrected chi connectivity index (χ2v) is 6.69. The summed E-state index contributed by atoms with van der Waals surface area (Å²) in [6, 6.07) is 13.0. The molecule has 1 amide bonds. The first-order valence-electron chi connectivity index (χ1n) is 7.47. The molecule has 0 aromatic heterocycles. The highest BCUT2D eigenvalue weighted by molar-refractivity contribution is 9.10. The summed E-state index contributed by atoms with van der Waals surface area (Å²) in [6.07, 6.45) is 0.430. The van der Waals surface area contributed by atoms with Crippen LogP contribution in [0.3, 0.4) is 0 Å². The van der Waals surface area contributed by atoms with E-state index in [1.54, 1.807) is 6.07 Å². The van der Waals surface area contributed by atoms with Crippen molar-refractivity contribution < 1.29 is 4.79 Å².